The molecule has 0 saturated carbocycles. The van der Waals surface area contributed by atoms with Crippen molar-refractivity contribution in [1.82, 2.24) is 4.90 Å². The van der Waals surface area contributed by atoms with Crippen molar-refractivity contribution in [3.63, 3.8) is 0 Å². The number of likely N-dealkylation sites (N-methyl/N-ethyl adjacent to an activating group) is 1. The van der Waals surface area contributed by atoms with Gasteiger partial charge >= 0.3 is 6.18 Å². The first-order valence-corrected chi connectivity index (χ1v) is 7.01. The molecule has 1 saturated heterocycles. The van der Waals surface area contributed by atoms with Crippen molar-refractivity contribution in [2.45, 2.75) is 43.9 Å². The summed E-state index contributed by atoms with van der Waals surface area (Å²) in [6.45, 7) is 0. The Kier molecular flexibility index (Phi) is 3.36. The summed E-state index contributed by atoms with van der Waals surface area (Å²) in [6, 6.07) is 6.71. The molecule has 0 aliphatic carbocycles. The molecule has 0 N–H and O–H groups in total. The van der Waals surface area contributed by atoms with Crippen molar-refractivity contribution in [3.8, 4) is 0 Å². The van der Waals surface area contributed by atoms with Gasteiger partial charge in [0.25, 0.3) is 0 Å². The number of benzene rings is 1. The van der Waals surface area contributed by atoms with E-state index in [9.17, 15) is 13.2 Å². The Bertz CT molecular complexity index is 516. The molecule has 3 rings (SSSR count). The van der Waals surface area contributed by atoms with Crippen LogP contribution in [0.1, 0.15) is 30.4 Å². The lowest BCUT2D eigenvalue weighted by atomic mass is 9.95. The monoisotopic (exact) mass is 281 g/mol. The quantitative estimate of drug-likeness (QED) is 0.739. The van der Waals surface area contributed by atoms with Gasteiger partial charge in [0.2, 0.25) is 0 Å². The van der Waals surface area contributed by atoms with E-state index in [0.717, 1.165) is 18.4 Å². The Morgan fingerprint density at radius 3 is 2.45 bits per heavy atom. The zero-order valence-corrected chi connectivity index (χ0v) is 11.5. The molecule has 2 bridgehead atoms. The van der Waals surface area contributed by atoms with Gasteiger partial charge in [-0.25, -0.2) is 0 Å². The van der Waals surface area contributed by atoms with Gasteiger partial charge in [-0.1, -0.05) is 23.8 Å². The lowest BCUT2D eigenvalue weighted by molar-refractivity contribution is -0.137. The molecular weight excluding hydrogens is 263 g/mol. The number of halogens is 3. The molecule has 2 aliphatic rings. The second-order valence-corrected chi connectivity index (χ2v) is 5.86. The second kappa shape index (κ2) is 4.92. The van der Waals surface area contributed by atoms with E-state index in [1.807, 2.05) is 0 Å². The summed E-state index contributed by atoms with van der Waals surface area (Å²) in [6.07, 6.45) is 2.32. The Morgan fingerprint density at radius 1 is 1.15 bits per heavy atom. The fraction of sp³-hybridized carbons (Fsp3) is 0.500. The molecule has 2 heterocycles. The van der Waals surface area contributed by atoms with Gasteiger partial charge in [0.15, 0.2) is 0 Å². The minimum atomic E-state index is -4.25. The highest BCUT2D eigenvalue weighted by molar-refractivity contribution is 5.30. The van der Waals surface area contributed by atoms with E-state index in [2.05, 4.69) is 18.0 Å². The molecule has 0 amide bonds. The zero-order chi connectivity index (χ0) is 14.3. The highest BCUT2D eigenvalue weighted by Gasteiger charge is 2.33. The van der Waals surface area contributed by atoms with Crippen LogP contribution >= 0.6 is 0 Å². The predicted octanol–water partition coefficient (Wildman–Crippen LogP) is 4.04. The summed E-state index contributed by atoms with van der Waals surface area (Å²) in [5.41, 5.74) is 1.77. The molecule has 108 valence electrons. The van der Waals surface area contributed by atoms with Crippen LogP contribution in [-0.2, 0) is 12.6 Å². The third-order valence-corrected chi connectivity index (χ3v) is 4.53. The van der Waals surface area contributed by atoms with Gasteiger partial charge in [-0.2, -0.15) is 13.2 Å². The molecule has 0 spiro atoms. The number of hydrogen-bond donors (Lipinski definition) is 0. The van der Waals surface area contributed by atoms with Gasteiger partial charge in [-0.15, -0.1) is 0 Å². The van der Waals surface area contributed by atoms with Crippen LogP contribution in [0.5, 0.6) is 0 Å². The van der Waals surface area contributed by atoms with Crippen LogP contribution in [0.2, 0.25) is 0 Å². The lowest BCUT2D eigenvalue weighted by Crippen LogP contribution is -2.35. The molecule has 2 unspecified atom stereocenters. The van der Waals surface area contributed by atoms with E-state index in [0.29, 0.717) is 12.1 Å². The molecule has 1 nitrogen and oxygen atoms in total. The van der Waals surface area contributed by atoms with Gasteiger partial charge in [0.05, 0.1) is 5.56 Å². The molecular formula is C16H18F3N. The molecule has 20 heavy (non-hydrogen) atoms. The molecule has 1 aromatic carbocycles. The topological polar surface area (TPSA) is 3.24 Å². The number of nitrogens with zero attached hydrogens (tertiary/aromatic N) is 1. The summed E-state index contributed by atoms with van der Waals surface area (Å²) in [5, 5.41) is 0. The Hall–Kier alpha value is -1.29. The van der Waals surface area contributed by atoms with Gasteiger partial charge in [-0.3, -0.25) is 4.90 Å². The average Bonchev–Trinajstić information content (AvgIpc) is 2.62. The first-order valence-electron chi connectivity index (χ1n) is 7.01. The molecule has 4 heteroatoms. The number of fused-ring (bicyclic) bond motifs is 2. The molecule has 1 fully saturated rings. The number of alkyl halides is 3. The molecule has 0 aromatic heterocycles. The summed E-state index contributed by atoms with van der Waals surface area (Å²) in [5.74, 6) is 0. The summed E-state index contributed by atoms with van der Waals surface area (Å²) < 4.78 is 37.5. The minimum Gasteiger partial charge on any atom is -0.297 e. The van der Waals surface area contributed by atoms with Crippen LogP contribution in [0.3, 0.4) is 0 Å². The highest BCUT2D eigenvalue weighted by atomic mass is 19.4. The summed E-state index contributed by atoms with van der Waals surface area (Å²) in [4.78, 5) is 2.41. The molecule has 0 radical (unpaired) electrons. The van der Waals surface area contributed by atoms with E-state index < -0.39 is 11.7 Å². The molecule has 1 aromatic rings. The Morgan fingerprint density at radius 2 is 1.85 bits per heavy atom. The van der Waals surface area contributed by atoms with Gasteiger partial charge in [0, 0.05) is 12.1 Å². The standard InChI is InChI=1S/C16H18F3N/c1-20-14-6-7-15(20)10-12(9-14)8-11-2-4-13(5-3-11)16(17,18)19/h2-5,9,14-15H,6-8,10H2,1H3. The molecule has 2 aliphatic heterocycles. The normalized spacial score (nSPS) is 26.7. The number of hydrogen-bond acceptors (Lipinski definition) is 1. The fourth-order valence-corrected chi connectivity index (χ4v) is 3.34. The van der Waals surface area contributed by atoms with Crippen LogP contribution in [0.25, 0.3) is 0 Å². The van der Waals surface area contributed by atoms with Gasteiger partial charge < -0.3 is 0 Å². The largest absolute Gasteiger partial charge is 0.416 e. The van der Waals surface area contributed by atoms with Crippen molar-refractivity contribution in [2.75, 3.05) is 7.05 Å². The van der Waals surface area contributed by atoms with Crippen LogP contribution < -0.4 is 0 Å². The lowest BCUT2D eigenvalue weighted by Gasteiger charge is -2.30. The fourth-order valence-electron chi connectivity index (χ4n) is 3.34. The van der Waals surface area contributed by atoms with Crippen molar-refractivity contribution < 1.29 is 13.2 Å². The third kappa shape index (κ3) is 2.62. The average molecular weight is 281 g/mol. The van der Waals surface area contributed by atoms with E-state index >= 15 is 0 Å². The van der Waals surface area contributed by atoms with Crippen molar-refractivity contribution >= 4 is 0 Å². The van der Waals surface area contributed by atoms with Crippen LogP contribution in [0.15, 0.2) is 35.9 Å². The van der Waals surface area contributed by atoms with Gasteiger partial charge in [0.1, 0.15) is 0 Å². The maximum Gasteiger partial charge on any atom is 0.416 e. The van der Waals surface area contributed by atoms with Gasteiger partial charge in [-0.05, 0) is 50.4 Å². The SMILES string of the molecule is CN1C2C=C(Cc3ccc(C(F)(F)F)cc3)CC1CC2. The predicted molar refractivity (Wildman–Crippen MR) is 72.4 cm³/mol. The van der Waals surface area contributed by atoms with Crippen molar-refractivity contribution in [3.05, 3.63) is 47.0 Å². The van der Waals surface area contributed by atoms with Crippen LogP contribution in [-0.4, -0.2) is 24.0 Å². The number of rotatable bonds is 2. The summed E-state index contributed by atoms with van der Waals surface area (Å²) >= 11 is 0. The van der Waals surface area contributed by atoms with Crippen molar-refractivity contribution in [2.24, 2.45) is 0 Å². The smallest absolute Gasteiger partial charge is 0.297 e. The maximum atomic E-state index is 12.5. The van der Waals surface area contributed by atoms with E-state index in [1.165, 1.54) is 30.5 Å². The molecule has 2 atom stereocenters. The van der Waals surface area contributed by atoms with Crippen LogP contribution in [0, 0.1) is 0 Å². The van der Waals surface area contributed by atoms with Crippen LogP contribution in [0.4, 0.5) is 13.2 Å². The zero-order valence-electron chi connectivity index (χ0n) is 11.5. The Balaban J connectivity index is 1.71. The van der Waals surface area contributed by atoms with Crippen molar-refractivity contribution in [1.29, 1.82) is 0 Å². The highest BCUT2D eigenvalue weighted by Crippen LogP contribution is 2.35. The first-order chi connectivity index (χ1) is 9.43. The first kappa shape index (κ1) is 13.7. The van der Waals surface area contributed by atoms with E-state index in [-0.39, 0.29) is 0 Å². The Labute approximate surface area is 117 Å². The van der Waals surface area contributed by atoms with E-state index in [4.69, 9.17) is 0 Å². The maximum absolute atomic E-state index is 12.5. The third-order valence-electron chi connectivity index (χ3n) is 4.53. The summed E-state index contributed by atoms with van der Waals surface area (Å²) in [7, 11) is 2.16. The minimum absolute atomic E-state index is 0.526. The van der Waals surface area contributed by atoms with E-state index in [1.54, 1.807) is 12.1 Å². The second-order valence-electron chi connectivity index (χ2n) is 5.86.